The third kappa shape index (κ3) is 32.4. The van der Waals surface area contributed by atoms with E-state index in [1.54, 1.807) is 0 Å². The largest absolute Gasteiger partial charge is 0.474 e. The van der Waals surface area contributed by atoms with Crippen molar-refractivity contribution >= 4 is 31.6 Å². The molecule has 91 heavy (non-hydrogen) atoms. The zero-order valence-electron chi connectivity index (χ0n) is 53.7. The molecule has 29 heteroatoms. The average molecular weight is 1330 g/mol. The van der Waals surface area contributed by atoms with Gasteiger partial charge in [0, 0.05) is 45.9 Å². The van der Waals surface area contributed by atoms with Gasteiger partial charge >= 0.3 is 19.8 Å². The Morgan fingerprint density at radius 3 is 1.49 bits per heavy atom. The van der Waals surface area contributed by atoms with Gasteiger partial charge < -0.3 is 99.6 Å². The lowest BCUT2D eigenvalue weighted by molar-refractivity contribution is -0.379. The number of carbonyl (C=O) groups is 4. The Balaban J connectivity index is 1.32. The van der Waals surface area contributed by atoms with E-state index in [0.717, 1.165) is 77.7 Å². The highest BCUT2D eigenvalue weighted by molar-refractivity contribution is 7.48. The smallest absolute Gasteiger partial charge is 0.462 e. The Kier molecular flexibility index (Phi) is 43.7. The molecule has 0 aromatic carbocycles. The lowest BCUT2D eigenvalue weighted by Crippen LogP contribution is -2.66. The van der Waals surface area contributed by atoms with Crippen molar-refractivity contribution in [2.24, 2.45) is 0 Å². The highest BCUT2D eigenvalue weighted by atomic mass is 31.2. The molecule has 3 fully saturated rings. The van der Waals surface area contributed by atoms with E-state index in [1.165, 1.54) is 38.5 Å². The van der Waals surface area contributed by atoms with Gasteiger partial charge in [-0.3, -0.25) is 32.7 Å². The number of esters is 2. The molecule has 3 aliphatic rings. The van der Waals surface area contributed by atoms with Gasteiger partial charge in [-0.1, -0.05) is 102 Å². The number of ether oxygens (including phenoxy) is 8. The molecule has 3 aliphatic heterocycles. The molecule has 2 amide bonds. The summed E-state index contributed by atoms with van der Waals surface area (Å²) in [4.78, 5) is 50.7. The monoisotopic (exact) mass is 1330 g/mol. The lowest BCUT2D eigenvalue weighted by atomic mass is 9.96. The van der Waals surface area contributed by atoms with E-state index in [-0.39, 0.29) is 76.8 Å². The van der Waals surface area contributed by atoms with Crippen molar-refractivity contribution in [2.45, 2.75) is 279 Å². The standard InChI is InChI=1S/C62H111N2O26P/c1-4-6-8-10-12-14-15-16-17-18-19-20-22-23-25-32-49(70)82-41-43(85-50(71)33-26-24-21-13-11-9-7-5-2)42-84-91(79,80-3)83-37-35-64-48(69)31-28-27-30-47(68)63-34-29-36-81-60-56(77)53(74)58(45(39-66)87-60)90-62-57(78)54(75)59(46(40-67)88-62)89-61-55(76)52(73)51(72)44(38-65)86-61/h5,7,16-17,43-46,51-62,65-67,72-78H,4,6,8-15,18-42H2,1-3H3,(H,63,68)(H,64,69)/b7-5+,17-16+/t43-,44?,45?,46?,51+,52+,53-,54-,55?,56?,57?,58-,59+,60-,61-,62+,91?/m1/s1. The van der Waals surface area contributed by atoms with Gasteiger partial charge in [-0.25, -0.2) is 4.57 Å². The fourth-order valence-corrected chi connectivity index (χ4v) is 11.2. The van der Waals surface area contributed by atoms with Crippen LogP contribution in [0.15, 0.2) is 24.3 Å². The van der Waals surface area contributed by atoms with E-state index >= 15 is 0 Å². The number of allylic oxidation sites excluding steroid dienone is 4. The molecule has 28 nitrogen and oxygen atoms in total. The fourth-order valence-electron chi connectivity index (χ4n) is 10.3. The summed E-state index contributed by atoms with van der Waals surface area (Å²) < 4.78 is 73.8. The van der Waals surface area contributed by atoms with E-state index < -0.39 is 144 Å². The van der Waals surface area contributed by atoms with Crippen LogP contribution in [0.5, 0.6) is 0 Å². The van der Waals surface area contributed by atoms with Crippen LogP contribution in [-0.2, 0) is 75.2 Å². The topological polar surface area (TPSA) is 413 Å². The first kappa shape index (κ1) is 82.1. The van der Waals surface area contributed by atoms with Crippen molar-refractivity contribution in [2.75, 3.05) is 66.4 Å². The molecule has 17 atom stereocenters. The number of unbranched alkanes of at least 4 members (excludes halogenated alkanes) is 17. The normalized spacial score (nSPS) is 28.0. The maximum Gasteiger partial charge on any atom is 0.474 e. The molecule has 0 radical (unpaired) electrons. The second kappa shape index (κ2) is 48.5. The van der Waals surface area contributed by atoms with E-state index in [4.69, 9.17) is 51.5 Å². The average Bonchev–Trinajstić information content (AvgIpc) is 0.809. The number of hydrogen-bond acceptors (Lipinski definition) is 26. The van der Waals surface area contributed by atoms with E-state index in [0.29, 0.717) is 25.7 Å². The third-order valence-electron chi connectivity index (χ3n) is 15.7. The molecule has 3 rings (SSSR count). The summed E-state index contributed by atoms with van der Waals surface area (Å²) in [5.41, 5.74) is 0. The number of aliphatic hydroxyl groups excluding tert-OH is 10. The molecule has 3 saturated heterocycles. The molecule has 530 valence electrons. The van der Waals surface area contributed by atoms with Crippen LogP contribution >= 0.6 is 7.82 Å². The summed E-state index contributed by atoms with van der Waals surface area (Å²) in [6, 6.07) is 0. The molecule has 0 aromatic heterocycles. The maximum atomic E-state index is 13.4. The maximum absolute atomic E-state index is 13.4. The summed E-state index contributed by atoms with van der Waals surface area (Å²) in [5, 5.41) is 110. The van der Waals surface area contributed by atoms with Crippen LogP contribution < -0.4 is 10.6 Å². The van der Waals surface area contributed by atoms with Crippen molar-refractivity contribution in [3.05, 3.63) is 24.3 Å². The highest BCUT2D eigenvalue weighted by Crippen LogP contribution is 2.48. The Bertz CT molecular complexity index is 2060. The number of carbonyl (C=O) groups excluding carboxylic acids is 4. The molecule has 3 heterocycles. The number of phosphoric ester groups is 1. The van der Waals surface area contributed by atoms with Crippen LogP contribution in [0.3, 0.4) is 0 Å². The highest BCUT2D eigenvalue weighted by Gasteiger charge is 2.53. The first-order valence-electron chi connectivity index (χ1n) is 32.9. The van der Waals surface area contributed by atoms with Crippen molar-refractivity contribution in [1.29, 1.82) is 0 Å². The lowest BCUT2D eigenvalue weighted by Gasteiger charge is -2.48. The van der Waals surface area contributed by atoms with Gasteiger partial charge in [0.2, 0.25) is 11.8 Å². The summed E-state index contributed by atoms with van der Waals surface area (Å²) in [6.07, 6.45) is 3.75. The van der Waals surface area contributed by atoms with Crippen molar-refractivity contribution in [3.63, 3.8) is 0 Å². The number of phosphoric acid groups is 1. The summed E-state index contributed by atoms with van der Waals surface area (Å²) >= 11 is 0. The second-order valence-electron chi connectivity index (χ2n) is 23.2. The Morgan fingerprint density at radius 2 is 0.956 bits per heavy atom. The quantitative estimate of drug-likeness (QED) is 0.0180. The van der Waals surface area contributed by atoms with Gasteiger partial charge in [0.25, 0.3) is 0 Å². The number of rotatable bonds is 51. The van der Waals surface area contributed by atoms with Gasteiger partial charge in [-0.15, -0.1) is 0 Å². The molecular formula is C62H111N2O26P. The number of aliphatic hydroxyl groups is 10. The van der Waals surface area contributed by atoms with Gasteiger partial charge in [0.1, 0.15) is 79.9 Å². The molecule has 7 unspecified atom stereocenters. The van der Waals surface area contributed by atoms with Crippen LogP contribution in [0.1, 0.15) is 181 Å². The van der Waals surface area contributed by atoms with Gasteiger partial charge in [-0.2, -0.15) is 0 Å². The number of nitrogens with one attached hydrogen (secondary N) is 2. The van der Waals surface area contributed by atoms with E-state index in [1.807, 2.05) is 13.0 Å². The minimum Gasteiger partial charge on any atom is -0.462 e. The Hall–Kier alpha value is -3.17. The van der Waals surface area contributed by atoms with Crippen LogP contribution in [0, 0.1) is 0 Å². The second-order valence-corrected chi connectivity index (χ2v) is 25.0. The first-order valence-corrected chi connectivity index (χ1v) is 34.4. The Morgan fingerprint density at radius 1 is 0.495 bits per heavy atom. The third-order valence-corrected chi connectivity index (χ3v) is 17.1. The summed E-state index contributed by atoms with van der Waals surface area (Å²) in [6.45, 7) is 0.701. The minimum atomic E-state index is -4.22. The summed E-state index contributed by atoms with van der Waals surface area (Å²) in [7, 11) is -3.10. The first-order chi connectivity index (χ1) is 43.9. The molecule has 0 bridgehead atoms. The van der Waals surface area contributed by atoms with Crippen LogP contribution in [0.4, 0.5) is 0 Å². The fraction of sp³-hybridized carbons (Fsp3) is 0.871. The Labute approximate surface area is 536 Å². The predicted molar refractivity (Wildman–Crippen MR) is 328 cm³/mol. The van der Waals surface area contributed by atoms with Crippen LogP contribution in [0.2, 0.25) is 0 Å². The van der Waals surface area contributed by atoms with Gasteiger partial charge in [0.15, 0.2) is 25.0 Å². The number of amides is 2. The number of hydrogen-bond donors (Lipinski definition) is 12. The SMILES string of the molecule is C/C=C/CCCCCCCC(=O)O[C@H](COC(=O)CCCCCCC/C=C/CCCCCCCC)COP(=O)(OC)OCCNC(=O)CCCCC(=O)NCCCO[C@@H]1OC(CO)[C@@H](O[C@@H]2OC(CO)[C@H](O[C@H]3OC(CO)[C@H](O)[C@H](O)C3O)[C@H](O)C2O)[C@H](O)C1O. The zero-order chi connectivity index (χ0) is 66.8. The zero-order valence-corrected chi connectivity index (χ0v) is 54.6. The molecule has 12 N–H and O–H groups in total. The van der Waals surface area contributed by atoms with Gasteiger partial charge in [0.05, 0.1) is 39.6 Å². The van der Waals surface area contributed by atoms with Crippen molar-refractivity contribution in [1.82, 2.24) is 10.6 Å². The van der Waals surface area contributed by atoms with Crippen molar-refractivity contribution in [3.8, 4) is 0 Å². The molecule has 0 spiro atoms. The minimum absolute atomic E-state index is 0.0643. The van der Waals surface area contributed by atoms with Crippen LogP contribution in [-0.4, -0.2) is 239 Å². The molecule has 0 saturated carbocycles. The molecule has 0 aliphatic carbocycles. The molecule has 0 aromatic rings. The van der Waals surface area contributed by atoms with Crippen molar-refractivity contribution < 1.29 is 126 Å². The molecular weight excluding hydrogens is 1220 g/mol. The van der Waals surface area contributed by atoms with Gasteiger partial charge in [-0.05, 0) is 77.6 Å². The predicted octanol–water partition coefficient (Wildman–Crippen LogP) is 3.22. The van der Waals surface area contributed by atoms with E-state index in [9.17, 15) is 74.8 Å². The summed E-state index contributed by atoms with van der Waals surface area (Å²) in [5.74, 6) is -1.63. The van der Waals surface area contributed by atoms with Crippen LogP contribution in [0.25, 0.3) is 0 Å². The van der Waals surface area contributed by atoms with E-state index in [2.05, 4.69) is 35.8 Å².